The van der Waals surface area contributed by atoms with Crippen LogP contribution in [-0.2, 0) is 22.4 Å². The maximum absolute atomic E-state index is 13.1. The van der Waals surface area contributed by atoms with Crippen LogP contribution in [0.4, 0.5) is 15.8 Å². The highest BCUT2D eigenvalue weighted by Crippen LogP contribution is 2.36. The minimum absolute atomic E-state index is 0.124. The smallest absolute Gasteiger partial charge is 0.227 e. The lowest BCUT2D eigenvalue weighted by Crippen LogP contribution is -2.36. The number of amides is 2. The van der Waals surface area contributed by atoms with Crippen LogP contribution in [0.3, 0.4) is 0 Å². The van der Waals surface area contributed by atoms with Gasteiger partial charge in [-0.1, -0.05) is 0 Å². The minimum atomic E-state index is -0.395. The van der Waals surface area contributed by atoms with E-state index in [2.05, 4.69) is 10.3 Å². The Balaban J connectivity index is 1.39. The SMILES string of the molecule is O=C(CCc1cncc(F)c1)Nc1ccc2c(c1)CCC(=O)N2CC1CC1. The lowest BCUT2D eigenvalue weighted by atomic mass is 10.00. The molecule has 1 aliphatic carbocycles. The van der Waals surface area contributed by atoms with E-state index in [-0.39, 0.29) is 18.2 Å². The molecule has 1 aromatic carbocycles. The Bertz CT molecular complexity index is 879. The third-order valence-electron chi connectivity index (χ3n) is 5.10. The van der Waals surface area contributed by atoms with Crippen molar-refractivity contribution in [2.24, 2.45) is 5.92 Å². The molecule has 2 amide bonds. The first kappa shape index (κ1) is 17.6. The predicted molar refractivity (Wildman–Crippen MR) is 101 cm³/mol. The Morgan fingerprint density at radius 1 is 1.22 bits per heavy atom. The van der Waals surface area contributed by atoms with E-state index in [9.17, 15) is 14.0 Å². The van der Waals surface area contributed by atoms with Gasteiger partial charge in [0, 0.05) is 37.0 Å². The molecular weight excluding hydrogens is 345 g/mol. The van der Waals surface area contributed by atoms with E-state index in [1.807, 2.05) is 23.1 Å². The molecule has 1 saturated carbocycles. The number of fused-ring (bicyclic) bond motifs is 1. The van der Waals surface area contributed by atoms with Crippen LogP contribution < -0.4 is 10.2 Å². The van der Waals surface area contributed by atoms with E-state index in [1.54, 1.807) is 6.20 Å². The molecule has 27 heavy (non-hydrogen) atoms. The van der Waals surface area contributed by atoms with Crippen LogP contribution in [0.15, 0.2) is 36.7 Å². The molecule has 2 heterocycles. The molecule has 1 fully saturated rings. The van der Waals surface area contributed by atoms with Crippen LogP contribution in [-0.4, -0.2) is 23.3 Å². The van der Waals surface area contributed by atoms with Crippen molar-refractivity contribution < 1.29 is 14.0 Å². The van der Waals surface area contributed by atoms with E-state index in [0.717, 1.165) is 29.7 Å². The Morgan fingerprint density at radius 3 is 2.85 bits per heavy atom. The van der Waals surface area contributed by atoms with Crippen LogP contribution in [0.5, 0.6) is 0 Å². The molecule has 0 bridgehead atoms. The molecule has 0 saturated heterocycles. The molecule has 1 aromatic heterocycles. The highest BCUT2D eigenvalue weighted by molar-refractivity contribution is 5.97. The van der Waals surface area contributed by atoms with E-state index in [1.165, 1.54) is 18.9 Å². The van der Waals surface area contributed by atoms with Crippen molar-refractivity contribution in [1.29, 1.82) is 0 Å². The number of halogens is 1. The van der Waals surface area contributed by atoms with E-state index < -0.39 is 5.82 Å². The average molecular weight is 367 g/mol. The number of hydrogen-bond donors (Lipinski definition) is 1. The highest BCUT2D eigenvalue weighted by Gasteiger charge is 2.31. The van der Waals surface area contributed by atoms with Crippen LogP contribution in [0.25, 0.3) is 0 Å². The molecular formula is C21H22FN3O2. The Kier molecular flexibility index (Phi) is 4.88. The molecule has 0 atom stereocenters. The van der Waals surface area contributed by atoms with Gasteiger partial charge in [0.2, 0.25) is 11.8 Å². The number of benzene rings is 1. The number of nitrogens with one attached hydrogen (secondary N) is 1. The molecule has 0 unspecified atom stereocenters. The molecule has 6 heteroatoms. The van der Waals surface area contributed by atoms with Crippen molar-refractivity contribution in [2.45, 2.75) is 38.5 Å². The molecule has 140 valence electrons. The molecule has 2 aromatic rings. The lowest BCUT2D eigenvalue weighted by molar-refractivity contribution is -0.119. The quantitative estimate of drug-likeness (QED) is 0.850. The maximum Gasteiger partial charge on any atom is 0.227 e. The number of pyridine rings is 1. The first-order valence-electron chi connectivity index (χ1n) is 9.41. The summed E-state index contributed by atoms with van der Waals surface area (Å²) in [5.74, 6) is 0.306. The van der Waals surface area contributed by atoms with E-state index >= 15 is 0 Å². The van der Waals surface area contributed by atoms with Gasteiger partial charge in [-0.05, 0) is 67.0 Å². The minimum Gasteiger partial charge on any atom is -0.326 e. The first-order chi connectivity index (χ1) is 13.1. The monoisotopic (exact) mass is 367 g/mol. The van der Waals surface area contributed by atoms with Crippen molar-refractivity contribution in [1.82, 2.24) is 4.98 Å². The van der Waals surface area contributed by atoms with Crippen LogP contribution in [0.1, 0.15) is 36.8 Å². The van der Waals surface area contributed by atoms with Crippen molar-refractivity contribution in [3.05, 3.63) is 53.6 Å². The summed E-state index contributed by atoms with van der Waals surface area (Å²) in [6.07, 6.45) is 7.04. The zero-order valence-electron chi connectivity index (χ0n) is 15.1. The van der Waals surface area contributed by atoms with Gasteiger partial charge in [-0.3, -0.25) is 14.6 Å². The first-order valence-corrected chi connectivity index (χ1v) is 9.41. The van der Waals surface area contributed by atoms with Gasteiger partial charge in [0.1, 0.15) is 5.82 Å². The number of carbonyl (C=O) groups is 2. The molecule has 1 aliphatic heterocycles. The van der Waals surface area contributed by atoms with Gasteiger partial charge in [0.25, 0.3) is 0 Å². The highest BCUT2D eigenvalue weighted by atomic mass is 19.1. The summed E-state index contributed by atoms with van der Waals surface area (Å²) >= 11 is 0. The normalized spacial score (nSPS) is 16.2. The zero-order chi connectivity index (χ0) is 18.8. The summed E-state index contributed by atoms with van der Waals surface area (Å²) in [5.41, 5.74) is 3.51. The van der Waals surface area contributed by atoms with Crippen LogP contribution >= 0.6 is 0 Å². The third-order valence-corrected chi connectivity index (χ3v) is 5.10. The van der Waals surface area contributed by atoms with Gasteiger partial charge < -0.3 is 10.2 Å². The zero-order valence-corrected chi connectivity index (χ0v) is 15.1. The van der Waals surface area contributed by atoms with Gasteiger partial charge in [0.05, 0.1) is 6.20 Å². The summed E-state index contributed by atoms with van der Waals surface area (Å²) in [7, 11) is 0. The summed E-state index contributed by atoms with van der Waals surface area (Å²) in [5, 5.41) is 2.90. The van der Waals surface area contributed by atoms with Crippen molar-refractivity contribution in [2.75, 3.05) is 16.8 Å². The standard InChI is InChI=1S/C21H22FN3O2/c22-17-9-15(11-23-12-17)3-7-20(26)24-18-5-6-19-16(10-18)4-8-21(27)25(19)13-14-1-2-14/h5-6,9-12,14H,1-4,7-8,13H2,(H,24,26). The van der Waals surface area contributed by atoms with E-state index in [4.69, 9.17) is 0 Å². The molecule has 0 radical (unpaired) electrons. The Morgan fingerprint density at radius 2 is 2.07 bits per heavy atom. The number of aryl methyl sites for hydroxylation is 2. The maximum atomic E-state index is 13.1. The summed E-state index contributed by atoms with van der Waals surface area (Å²) < 4.78 is 13.1. The fourth-order valence-corrected chi connectivity index (χ4v) is 3.47. The largest absolute Gasteiger partial charge is 0.326 e. The fraction of sp³-hybridized carbons (Fsp3) is 0.381. The number of rotatable bonds is 6. The van der Waals surface area contributed by atoms with Gasteiger partial charge in [-0.25, -0.2) is 4.39 Å². The second-order valence-electron chi connectivity index (χ2n) is 7.35. The second-order valence-corrected chi connectivity index (χ2v) is 7.35. The van der Waals surface area contributed by atoms with Crippen molar-refractivity contribution in [3.8, 4) is 0 Å². The van der Waals surface area contributed by atoms with Crippen LogP contribution in [0.2, 0.25) is 0 Å². The summed E-state index contributed by atoms with van der Waals surface area (Å²) in [6.45, 7) is 0.805. The van der Waals surface area contributed by atoms with E-state index in [0.29, 0.717) is 30.7 Å². The second kappa shape index (κ2) is 7.47. The molecule has 2 aliphatic rings. The van der Waals surface area contributed by atoms with Gasteiger partial charge in [-0.15, -0.1) is 0 Å². The Labute approximate surface area is 157 Å². The fourth-order valence-electron chi connectivity index (χ4n) is 3.47. The Hall–Kier alpha value is -2.76. The van der Waals surface area contributed by atoms with Crippen molar-refractivity contribution >= 4 is 23.2 Å². The molecule has 5 nitrogen and oxygen atoms in total. The van der Waals surface area contributed by atoms with Crippen molar-refractivity contribution in [3.63, 3.8) is 0 Å². The van der Waals surface area contributed by atoms with Gasteiger partial charge in [-0.2, -0.15) is 0 Å². The number of nitrogens with zero attached hydrogens (tertiary/aromatic N) is 2. The lowest BCUT2D eigenvalue weighted by Gasteiger charge is -2.30. The third kappa shape index (κ3) is 4.32. The number of aromatic nitrogens is 1. The van der Waals surface area contributed by atoms with Gasteiger partial charge in [0.15, 0.2) is 0 Å². The van der Waals surface area contributed by atoms with Crippen LogP contribution in [0, 0.1) is 11.7 Å². The summed E-state index contributed by atoms with van der Waals surface area (Å²) in [6, 6.07) is 7.13. The topological polar surface area (TPSA) is 62.3 Å². The molecule has 4 rings (SSSR count). The molecule has 1 N–H and O–H groups in total. The molecule has 0 spiro atoms. The number of hydrogen-bond acceptors (Lipinski definition) is 3. The number of anilines is 2. The number of carbonyl (C=O) groups excluding carboxylic acids is 2. The predicted octanol–water partition coefficient (Wildman–Crippen LogP) is 3.48. The summed E-state index contributed by atoms with van der Waals surface area (Å²) in [4.78, 5) is 30.2. The van der Waals surface area contributed by atoms with Gasteiger partial charge >= 0.3 is 0 Å². The average Bonchev–Trinajstić information content (AvgIpc) is 3.47.